The topological polar surface area (TPSA) is 71.5 Å². The molecule has 0 saturated carbocycles. The molecule has 0 saturated heterocycles. The minimum Gasteiger partial charge on any atom is -0.479 e. The first-order chi connectivity index (χ1) is 11.1. The summed E-state index contributed by atoms with van der Waals surface area (Å²) in [6.07, 6.45) is 2.88. The van der Waals surface area contributed by atoms with Crippen LogP contribution in [-0.2, 0) is 9.59 Å². The summed E-state index contributed by atoms with van der Waals surface area (Å²) < 4.78 is 5.58. The van der Waals surface area contributed by atoms with E-state index in [9.17, 15) is 9.59 Å². The number of hydrogen-bond acceptors (Lipinski definition) is 4. The van der Waals surface area contributed by atoms with Crippen LogP contribution in [0.3, 0.4) is 0 Å². The van der Waals surface area contributed by atoms with Crippen LogP contribution in [-0.4, -0.2) is 29.4 Å². The first kappa shape index (κ1) is 15.0. The summed E-state index contributed by atoms with van der Waals surface area (Å²) in [6, 6.07) is 10.8. The van der Waals surface area contributed by atoms with E-state index in [4.69, 9.17) is 4.74 Å². The molecule has 0 aliphatic carbocycles. The number of fused-ring (bicyclic) bond motifs is 1. The summed E-state index contributed by atoms with van der Waals surface area (Å²) in [5.41, 5.74) is 1.39. The fourth-order valence-electron chi connectivity index (χ4n) is 2.46. The molecule has 6 heteroatoms. The summed E-state index contributed by atoms with van der Waals surface area (Å²) in [7, 11) is 0. The maximum atomic E-state index is 12.3. The second-order valence-corrected chi connectivity index (χ2v) is 5.25. The van der Waals surface area contributed by atoms with Crippen molar-refractivity contribution in [1.29, 1.82) is 0 Å². The Balaban J connectivity index is 1.67. The van der Waals surface area contributed by atoms with Crippen LogP contribution in [0.2, 0.25) is 0 Å². The number of nitrogens with zero attached hydrogens (tertiary/aromatic N) is 2. The Labute approximate surface area is 134 Å². The second kappa shape index (κ2) is 6.48. The highest BCUT2D eigenvalue weighted by Gasteiger charge is 2.31. The average molecular weight is 311 g/mol. The summed E-state index contributed by atoms with van der Waals surface area (Å²) in [6.45, 7) is 2.02. The number of aromatic nitrogens is 1. The van der Waals surface area contributed by atoms with Crippen LogP contribution in [0.1, 0.15) is 13.3 Å². The Morgan fingerprint density at radius 1 is 1.26 bits per heavy atom. The minimum atomic E-state index is -0.548. The van der Waals surface area contributed by atoms with Crippen molar-refractivity contribution in [3.05, 3.63) is 48.8 Å². The molecule has 118 valence electrons. The number of pyridine rings is 1. The number of hydrogen-bond donors (Lipinski definition) is 1. The van der Waals surface area contributed by atoms with E-state index in [0.29, 0.717) is 23.7 Å². The predicted molar refractivity (Wildman–Crippen MR) is 86.4 cm³/mol. The lowest BCUT2D eigenvalue weighted by atomic mass is 10.1. The fourth-order valence-corrected chi connectivity index (χ4v) is 2.46. The van der Waals surface area contributed by atoms with Gasteiger partial charge in [0.05, 0.1) is 5.69 Å². The van der Waals surface area contributed by atoms with Gasteiger partial charge in [0.2, 0.25) is 5.91 Å². The number of amides is 2. The van der Waals surface area contributed by atoms with E-state index in [-0.39, 0.29) is 18.2 Å². The fraction of sp³-hybridized carbons (Fsp3) is 0.235. The molecule has 23 heavy (non-hydrogen) atoms. The number of rotatable bonds is 4. The van der Waals surface area contributed by atoms with Gasteiger partial charge in [-0.2, -0.15) is 0 Å². The second-order valence-electron chi connectivity index (χ2n) is 5.25. The third kappa shape index (κ3) is 3.31. The molecule has 1 atom stereocenters. The Kier molecular flexibility index (Phi) is 4.23. The number of nitrogens with one attached hydrogen (secondary N) is 1. The standard InChI is InChI=1S/C17H17N3O3/c1-12-17(22)20(14-4-2-3-5-15(14)23-12)11-8-16(21)19-13-6-9-18-10-7-13/h2-7,9-10,12H,8,11H2,1H3,(H,18,19,21). The maximum absolute atomic E-state index is 12.3. The number of para-hydroxylation sites is 2. The van der Waals surface area contributed by atoms with Crippen LogP contribution in [0, 0.1) is 0 Å². The van der Waals surface area contributed by atoms with Crippen LogP contribution >= 0.6 is 0 Å². The molecular formula is C17H17N3O3. The van der Waals surface area contributed by atoms with Gasteiger partial charge in [0, 0.05) is 31.0 Å². The largest absolute Gasteiger partial charge is 0.479 e. The first-order valence-electron chi connectivity index (χ1n) is 7.42. The number of benzene rings is 1. The van der Waals surface area contributed by atoms with E-state index < -0.39 is 6.10 Å². The molecule has 1 unspecified atom stereocenters. The van der Waals surface area contributed by atoms with Crippen LogP contribution in [0.4, 0.5) is 11.4 Å². The van der Waals surface area contributed by atoms with E-state index in [1.165, 1.54) is 0 Å². The van der Waals surface area contributed by atoms with Gasteiger partial charge < -0.3 is 15.0 Å². The highest BCUT2D eigenvalue weighted by atomic mass is 16.5. The van der Waals surface area contributed by atoms with Gasteiger partial charge in [0.15, 0.2) is 6.10 Å². The maximum Gasteiger partial charge on any atom is 0.267 e. The molecule has 6 nitrogen and oxygen atoms in total. The summed E-state index contributed by atoms with van der Waals surface area (Å²) in [5.74, 6) is 0.371. The number of carbonyl (C=O) groups is 2. The van der Waals surface area contributed by atoms with Gasteiger partial charge in [-0.05, 0) is 31.2 Å². The van der Waals surface area contributed by atoms with Gasteiger partial charge >= 0.3 is 0 Å². The molecule has 3 rings (SSSR count). The van der Waals surface area contributed by atoms with Crippen LogP contribution in [0.25, 0.3) is 0 Å². The molecule has 1 aromatic carbocycles. The van der Waals surface area contributed by atoms with E-state index in [1.807, 2.05) is 24.3 Å². The summed E-state index contributed by atoms with van der Waals surface area (Å²) >= 11 is 0. The molecule has 1 aliphatic heterocycles. The zero-order valence-electron chi connectivity index (χ0n) is 12.7. The molecule has 1 aromatic heterocycles. The Morgan fingerprint density at radius 3 is 2.78 bits per heavy atom. The van der Waals surface area contributed by atoms with Crippen molar-refractivity contribution in [3.63, 3.8) is 0 Å². The number of carbonyl (C=O) groups excluding carboxylic acids is 2. The SMILES string of the molecule is CC1Oc2ccccc2N(CCC(=O)Nc2ccncc2)C1=O. The summed E-state index contributed by atoms with van der Waals surface area (Å²) in [5, 5.41) is 2.78. The van der Waals surface area contributed by atoms with Crippen molar-refractivity contribution < 1.29 is 14.3 Å². The van der Waals surface area contributed by atoms with Gasteiger partial charge in [-0.1, -0.05) is 12.1 Å². The lowest BCUT2D eigenvalue weighted by Crippen LogP contribution is -2.45. The molecule has 1 aliphatic rings. The molecule has 0 spiro atoms. The predicted octanol–water partition coefficient (Wildman–Crippen LogP) is 2.22. The Hall–Kier alpha value is -2.89. The molecule has 0 radical (unpaired) electrons. The zero-order chi connectivity index (χ0) is 16.2. The number of ether oxygens (including phenoxy) is 1. The van der Waals surface area contributed by atoms with Crippen molar-refractivity contribution >= 4 is 23.2 Å². The highest BCUT2D eigenvalue weighted by molar-refractivity contribution is 6.00. The zero-order valence-corrected chi connectivity index (χ0v) is 12.7. The van der Waals surface area contributed by atoms with Crippen LogP contribution < -0.4 is 15.0 Å². The molecule has 0 fully saturated rings. The Morgan fingerprint density at radius 2 is 2.00 bits per heavy atom. The molecular weight excluding hydrogens is 294 g/mol. The van der Waals surface area contributed by atoms with E-state index in [1.54, 1.807) is 36.4 Å². The van der Waals surface area contributed by atoms with Crippen LogP contribution in [0.15, 0.2) is 48.8 Å². The number of anilines is 2. The molecule has 2 heterocycles. The van der Waals surface area contributed by atoms with Gasteiger partial charge in [0.1, 0.15) is 5.75 Å². The average Bonchev–Trinajstić information content (AvgIpc) is 2.56. The van der Waals surface area contributed by atoms with Crippen molar-refractivity contribution in [2.24, 2.45) is 0 Å². The van der Waals surface area contributed by atoms with E-state index in [2.05, 4.69) is 10.3 Å². The third-order valence-electron chi connectivity index (χ3n) is 3.60. The molecule has 2 amide bonds. The lowest BCUT2D eigenvalue weighted by molar-refractivity contribution is -0.125. The normalized spacial score (nSPS) is 16.5. The molecule has 1 N–H and O–H groups in total. The summed E-state index contributed by atoms with van der Waals surface area (Å²) in [4.78, 5) is 29.9. The monoisotopic (exact) mass is 311 g/mol. The quantitative estimate of drug-likeness (QED) is 0.940. The Bertz CT molecular complexity index is 718. The van der Waals surface area contributed by atoms with Gasteiger partial charge in [-0.25, -0.2) is 0 Å². The van der Waals surface area contributed by atoms with Crippen molar-refractivity contribution in [2.75, 3.05) is 16.8 Å². The van der Waals surface area contributed by atoms with Crippen LogP contribution in [0.5, 0.6) is 5.75 Å². The minimum absolute atomic E-state index is 0.139. The molecule has 2 aromatic rings. The first-order valence-corrected chi connectivity index (χ1v) is 7.42. The van der Waals surface area contributed by atoms with Gasteiger partial charge in [-0.3, -0.25) is 14.6 Å². The van der Waals surface area contributed by atoms with Gasteiger partial charge in [0.25, 0.3) is 5.91 Å². The lowest BCUT2D eigenvalue weighted by Gasteiger charge is -2.32. The van der Waals surface area contributed by atoms with Crippen molar-refractivity contribution in [2.45, 2.75) is 19.4 Å². The van der Waals surface area contributed by atoms with Gasteiger partial charge in [-0.15, -0.1) is 0 Å². The van der Waals surface area contributed by atoms with Crippen molar-refractivity contribution in [1.82, 2.24) is 4.98 Å². The third-order valence-corrected chi connectivity index (χ3v) is 3.60. The van der Waals surface area contributed by atoms with Crippen molar-refractivity contribution in [3.8, 4) is 5.75 Å². The van der Waals surface area contributed by atoms with E-state index in [0.717, 1.165) is 0 Å². The van der Waals surface area contributed by atoms with E-state index >= 15 is 0 Å². The smallest absolute Gasteiger partial charge is 0.267 e. The molecule has 0 bridgehead atoms. The highest BCUT2D eigenvalue weighted by Crippen LogP contribution is 2.33.